The summed E-state index contributed by atoms with van der Waals surface area (Å²) in [5, 5.41) is 2.95. The third-order valence-corrected chi connectivity index (χ3v) is 5.76. The number of urea groups is 1. The molecule has 7 nitrogen and oxygen atoms in total. The van der Waals surface area contributed by atoms with E-state index in [0.717, 1.165) is 63.3 Å². The van der Waals surface area contributed by atoms with Crippen molar-refractivity contribution in [3.63, 3.8) is 0 Å². The molecule has 1 aromatic carbocycles. The molecule has 1 aromatic rings. The van der Waals surface area contributed by atoms with Crippen molar-refractivity contribution >= 4 is 11.9 Å². The van der Waals surface area contributed by atoms with Crippen LogP contribution < -0.4 is 10.1 Å². The van der Waals surface area contributed by atoms with Gasteiger partial charge in [-0.1, -0.05) is 18.2 Å². The number of carbonyl (C=O) groups is 2. The van der Waals surface area contributed by atoms with Crippen molar-refractivity contribution in [1.29, 1.82) is 0 Å². The van der Waals surface area contributed by atoms with Gasteiger partial charge in [0, 0.05) is 51.7 Å². The van der Waals surface area contributed by atoms with Gasteiger partial charge < -0.3 is 24.8 Å². The molecule has 1 unspecified atom stereocenters. The van der Waals surface area contributed by atoms with Crippen molar-refractivity contribution in [2.24, 2.45) is 0 Å². The normalized spacial score (nSPS) is 20.3. The van der Waals surface area contributed by atoms with Crippen LogP contribution in [0.3, 0.4) is 0 Å². The SMILES string of the molecule is COc1ccccc1CC1CCCN1C(=O)NCCC(=O)N1CCN(C)CC1. The van der Waals surface area contributed by atoms with E-state index < -0.39 is 0 Å². The maximum atomic E-state index is 12.7. The number of hydrogen-bond acceptors (Lipinski definition) is 4. The van der Waals surface area contributed by atoms with Gasteiger partial charge in [-0.05, 0) is 37.9 Å². The standard InChI is InChI=1S/C21H32N4O3/c1-23-12-14-24(15-13-23)20(26)9-10-22-21(27)25-11-5-7-18(25)16-17-6-3-4-8-19(17)28-2/h3-4,6,8,18H,5,7,9-16H2,1-2H3,(H,22,27). The lowest BCUT2D eigenvalue weighted by Crippen LogP contribution is -2.48. The largest absolute Gasteiger partial charge is 0.496 e. The van der Waals surface area contributed by atoms with Crippen LogP contribution in [0.5, 0.6) is 5.75 Å². The Bertz CT molecular complexity index is 673. The van der Waals surface area contributed by atoms with E-state index in [9.17, 15) is 9.59 Å². The number of benzene rings is 1. The van der Waals surface area contributed by atoms with Gasteiger partial charge in [0.15, 0.2) is 0 Å². The van der Waals surface area contributed by atoms with Crippen LogP contribution in [0.2, 0.25) is 0 Å². The van der Waals surface area contributed by atoms with E-state index in [4.69, 9.17) is 4.74 Å². The number of nitrogens with one attached hydrogen (secondary N) is 1. The Morgan fingerprint density at radius 1 is 1.14 bits per heavy atom. The highest BCUT2D eigenvalue weighted by Gasteiger charge is 2.29. The number of rotatable bonds is 6. The molecule has 2 heterocycles. The monoisotopic (exact) mass is 388 g/mol. The zero-order valence-electron chi connectivity index (χ0n) is 17.0. The van der Waals surface area contributed by atoms with Crippen molar-refractivity contribution in [1.82, 2.24) is 20.0 Å². The fraction of sp³-hybridized carbons (Fsp3) is 0.619. The summed E-state index contributed by atoms with van der Waals surface area (Å²) in [6.45, 7) is 4.53. The Hall–Kier alpha value is -2.28. The topological polar surface area (TPSA) is 65.1 Å². The highest BCUT2D eigenvalue weighted by Crippen LogP contribution is 2.26. The molecule has 0 saturated carbocycles. The van der Waals surface area contributed by atoms with Crippen LogP contribution in [0, 0.1) is 0 Å². The maximum absolute atomic E-state index is 12.7. The minimum Gasteiger partial charge on any atom is -0.496 e. The molecule has 154 valence electrons. The Labute approximate surface area is 167 Å². The van der Waals surface area contributed by atoms with Gasteiger partial charge in [0.05, 0.1) is 7.11 Å². The lowest BCUT2D eigenvalue weighted by molar-refractivity contribution is -0.132. The molecule has 2 saturated heterocycles. The lowest BCUT2D eigenvalue weighted by Gasteiger charge is -2.32. The van der Waals surface area contributed by atoms with Gasteiger partial charge in [0.2, 0.25) is 5.91 Å². The van der Waals surface area contributed by atoms with Gasteiger partial charge in [0.1, 0.15) is 5.75 Å². The lowest BCUT2D eigenvalue weighted by atomic mass is 10.0. The second-order valence-electron chi connectivity index (χ2n) is 7.67. The third kappa shape index (κ3) is 5.16. The molecule has 28 heavy (non-hydrogen) atoms. The predicted molar refractivity (Wildman–Crippen MR) is 109 cm³/mol. The average Bonchev–Trinajstić information content (AvgIpc) is 3.17. The number of nitrogens with zero attached hydrogens (tertiary/aromatic N) is 3. The molecular weight excluding hydrogens is 356 g/mol. The Morgan fingerprint density at radius 3 is 2.64 bits per heavy atom. The van der Waals surface area contributed by atoms with Crippen molar-refractivity contribution < 1.29 is 14.3 Å². The average molecular weight is 389 g/mol. The third-order valence-electron chi connectivity index (χ3n) is 5.76. The molecule has 1 atom stereocenters. The molecule has 0 bridgehead atoms. The second kappa shape index (κ2) is 9.78. The minimum atomic E-state index is -0.0661. The summed E-state index contributed by atoms with van der Waals surface area (Å²) in [5.41, 5.74) is 1.12. The van der Waals surface area contributed by atoms with Crippen LogP contribution in [0.1, 0.15) is 24.8 Å². The number of methoxy groups -OCH3 is 1. The minimum absolute atomic E-state index is 0.0661. The number of piperazine rings is 1. The van der Waals surface area contributed by atoms with E-state index in [-0.39, 0.29) is 18.0 Å². The number of likely N-dealkylation sites (tertiary alicyclic amines) is 1. The zero-order valence-corrected chi connectivity index (χ0v) is 17.0. The van der Waals surface area contributed by atoms with Gasteiger partial charge >= 0.3 is 6.03 Å². The van der Waals surface area contributed by atoms with Gasteiger partial charge in [0.25, 0.3) is 0 Å². The van der Waals surface area contributed by atoms with E-state index in [2.05, 4.69) is 23.3 Å². The van der Waals surface area contributed by atoms with Crippen LogP contribution in [0.25, 0.3) is 0 Å². The molecule has 2 fully saturated rings. The zero-order chi connectivity index (χ0) is 19.9. The quantitative estimate of drug-likeness (QED) is 0.804. The number of para-hydroxylation sites is 1. The Balaban J connectivity index is 1.46. The molecule has 1 N–H and O–H groups in total. The van der Waals surface area contributed by atoms with Crippen molar-refractivity contribution in [3.8, 4) is 5.75 Å². The summed E-state index contributed by atoms with van der Waals surface area (Å²) in [6.07, 6.45) is 3.15. The molecule has 3 amide bonds. The van der Waals surface area contributed by atoms with Crippen LogP contribution in [0.4, 0.5) is 4.79 Å². The van der Waals surface area contributed by atoms with Crippen LogP contribution in [-0.4, -0.2) is 86.1 Å². The highest BCUT2D eigenvalue weighted by atomic mass is 16.5. The number of amides is 3. The summed E-state index contributed by atoms with van der Waals surface area (Å²) < 4.78 is 5.44. The maximum Gasteiger partial charge on any atom is 0.317 e. The first kappa shape index (κ1) is 20.5. The smallest absolute Gasteiger partial charge is 0.317 e. The Kier molecular flexibility index (Phi) is 7.14. The summed E-state index contributed by atoms with van der Waals surface area (Å²) in [4.78, 5) is 31.0. The van der Waals surface area contributed by atoms with Crippen molar-refractivity contribution in [2.75, 3.05) is 53.4 Å². The molecule has 2 aliphatic rings. The molecular formula is C21H32N4O3. The first-order valence-electron chi connectivity index (χ1n) is 10.2. The molecule has 2 aliphatic heterocycles. The van der Waals surface area contributed by atoms with Gasteiger partial charge in [-0.2, -0.15) is 0 Å². The molecule has 0 aliphatic carbocycles. The van der Waals surface area contributed by atoms with E-state index in [0.29, 0.717) is 13.0 Å². The molecule has 0 spiro atoms. The number of ether oxygens (including phenoxy) is 1. The van der Waals surface area contributed by atoms with E-state index in [1.54, 1.807) is 7.11 Å². The summed E-state index contributed by atoms with van der Waals surface area (Å²) >= 11 is 0. The summed E-state index contributed by atoms with van der Waals surface area (Å²) in [6, 6.07) is 8.08. The van der Waals surface area contributed by atoms with Gasteiger partial charge in [-0.3, -0.25) is 4.79 Å². The molecule has 3 rings (SSSR count). The number of likely N-dealkylation sites (N-methyl/N-ethyl adjacent to an activating group) is 1. The van der Waals surface area contributed by atoms with Gasteiger partial charge in [-0.25, -0.2) is 4.79 Å². The first-order valence-corrected chi connectivity index (χ1v) is 10.2. The van der Waals surface area contributed by atoms with Gasteiger partial charge in [-0.15, -0.1) is 0 Å². The predicted octanol–water partition coefficient (Wildman–Crippen LogP) is 1.58. The van der Waals surface area contributed by atoms with E-state index >= 15 is 0 Å². The van der Waals surface area contributed by atoms with Crippen LogP contribution >= 0.6 is 0 Å². The van der Waals surface area contributed by atoms with E-state index in [1.165, 1.54) is 0 Å². The van der Waals surface area contributed by atoms with Crippen molar-refractivity contribution in [2.45, 2.75) is 31.7 Å². The van der Waals surface area contributed by atoms with Crippen molar-refractivity contribution in [3.05, 3.63) is 29.8 Å². The number of carbonyl (C=O) groups excluding carboxylic acids is 2. The second-order valence-corrected chi connectivity index (χ2v) is 7.67. The molecule has 7 heteroatoms. The molecule has 0 aromatic heterocycles. The molecule has 0 radical (unpaired) electrons. The van der Waals surface area contributed by atoms with Crippen LogP contribution in [-0.2, 0) is 11.2 Å². The summed E-state index contributed by atoms with van der Waals surface area (Å²) in [7, 11) is 3.74. The Morgan fingerprint density at radius 2 is 1.89 bits per heavy atom. The van der Waals surface area contributed by atoms with E-state index in [1.807, 2.05) is 28.0 Å². The fourth-order valence-corrected chi connectivity index (χ4v) is 4.03. The summed E-state index contributed by atoms with van der Waals surface area (Å²) in [5.74, 6) is 0.993. The fourth-order valence-electron chi connectivity index (χ4n) is 4.03. The van der Waals surface area contributed by atoms with Crippen LogP contribution in [0.15, 0.2) is 24.3 Å². The number of hydrogen-bond donors (Lipinski definition) is 1. The highest BCUT2D eigenvalue weighted by molar-refractivity contribution is 5.78. The first-order chi connectivity index (χ1) is 13.6.